The quantitative estimate of drug-likeness (QED) is 0.680. The Bertz CT molecular complexity index is 996. The van der Waals surface area contributed by atoms with Gasteiger partial charge in [0, 0.05) is 42.2 Å². The molecule has 0 saturated carbocycles. The summed E-state index contributed by atoms with van der Waals surface area (Å²) in [7, 11) is 0. The number of aryl methyl sites for hydroxylation is 1. The van der Waals surface area contributed by atoms with Crippen molar-refractivity contribution in [1.29, 1.82) is 0 Å². The van der Waals surface area contributed by atoms with Gasteiger partial charge in [0.2, 0.25) is 0 Å². The van der Waals surface area contributed by atoms with Crippen molar-refractivity contribution in [2.24, 2.45) is 0 Å². The molecule has 2 amide bonds. The number of hydrogen-bond acceptors (Lipinski definition) is 6. The summed E-state index contributed by atoms with van der Waals surface area (Å²) >= 11 is 1.71. The fraction of sp³-hybridized carbons (Fsp3) is 0.316. The highest BCUT2D eigenvalue weighted by Crippen LogP contribution is 2.38. The lowest BCUT2D eigenvalue weighted by Gasteiger charge is -2.34. The van der Waals surface area contributed by atoms with Crippen LogP contribution in [0.15, 0.2) is 38.8 Å². The Kier molecular flexibility index (Phi) is 3.86. The first kappa shape index (κ1) is 16.3. The number of piperazine rings is 1. The van der Waals surface area contributed by atoms with Gasteiger partial charge in [0.1, 0.15) is 0 Å². The van der Waals surface area contributed by atoms with E-state index in [4.69, 9.17) is 8.94 Å². The van der Waals surface area contributed by atoms with E-state index in [-0.39, 0.29) is 11.8 Å². The van der Waals surface area contributed by atoms with Gasteiger partial charge in [0.25, 0.3) is 11.8 Å². The fourth-order valence-electron chi connectivity index (χ4n) is 3.71. The molecule has 0 spiro atoms. The Balaban J connectivity index is 1.30. The number of furan rings is 1. The molecule has 1 aliphatic carbocycles. The number of thiophene rings is 1. The van der Waals surface area contributed by atoms with Crippen molar-refractivity contribution in [1.82, 2.24) is 15.0 Å². The van der Waals surface area contributed by atoms with Crippen LogP contribution in [0.4, 0.5) is 0 Å². The van der Waals surface area contributed by atoms with Gasteiger partial charge in [-0.3, -0.25) is 9.59 Å². The SMILES string of the molecule is O=C(c1ccco1)N1CCN(C(=O)c2noc3c2CCc2sccc2-3)CC1. The third-order valence-corrected chi connectivity index (χ3v) is 6.15. The van der Waals surface area contributed by atoms with Crippen LogP contribution in [-0.2, 0) is 12.8 Å². The maximum atomic E-state index is 13.0. The second-order valence-corrected chi connectivity index (χ2v) is 7.66. The first-order valence-corrected chi connectivity index (χ1v) is 9.77. The van der Waals surface area contributed by atoms with Crippen LogP contribution in [0.5, 0.6) is 0 Å². The van der Waals surface area contributed by atoms with Gasteiger partial charge in [-0.1, -0.05) is 5.16 Å². The molecule has 138 valence electrons. The highest BCUT2D eigenvalue weighted by molar-refractivity contribution is 7.10. The third kappa shape index (κ3) is 2.68. The predicted octanol–water partition coefficient (Wildman–Crippen LogP) is 2.69. The van der Waals surface area contributed by atoms with Crippen LogP contribution in [0, 0.1) is 0 Å². The van der Waals surface area contributed by atoms with Crippen LogP contribution in [0.25, 0.3) is 11.3 Å². The molecule has 27 heavy (non-hydrogen) atoms. The Hall–Kier alpha value is -2.87. The average molecular weight is 383 g/mol. The molecule has 3 aromatic heterocycles. The van der Waals surface area contributed by atoms with Gasteiger partial charge >= 0.3 is 0 Å². The van der Waals surface area contributed by atoms with Crippen LogP contribution in [-0.4, -0.2) is 52.9 Å². The molecular formula is C19H17N3O4S. The van der Waals surface area contributed by atoms with Gasteiger partial charge in [-0.05, 0) is 36.4 Å². The second-order valence-electron chi connectivity index (χ2n) is 6.66. The zero-order valence-electron chi connectivity index (χ0n) is 14.5. The van der Waals surface area contributed by atoms with Crippen molar-refractivity contribution >= 4 is 23.2 Å². The number of rotatable bonds is 2. The van der Waals surface area contributed by atoms with Crippen molar-refractivity contribution in [3.8, 4) is 11.3 Å². The molecule has 7 nitrogen and oxygen atoms in total. The normalized spacial score (nSPS) is 16.1. The van der Waals surface area contributed by atoms with Crippen molar-refractivity contribution in [3.05, 3.63) is 51.7 Å². The van der Waals surface area contributed by atoms with Crippen LogP contribution in [0.3, 0.4) is 0 Å². The molecule has 0 bridgehead atoms. The Labute approximate surface area is 159 Å². The minimum Gasteiger partial charge on any atom is -0.459 e. The summed E-state index contributed by atoms with van der Waals surface area (Å²) in [6.45, 7) is 1.88. The Morgan fingerprint density at radius 1 is 1.04 bits per heavy atom. The van der Waals surface area contributed by atoms with E-state index in [0.29, 0.717) is 37.6 Å². The van der Waals surface area contributed by atoms with E-state index in [9.17, 15) is 9.59 Å². The predicted molar refractivity (Wildman–Crippen MR) is 97.7 cm³/mol. The van der Waals surface area contributed by atoms with Crippen molar-refractivity contribution in [2.45, 2.75) is 12.8 Å². The Morgan fingerprint density at radius 2 is 1.81 bits per heavy atom. The first-order valence-electron chi connectivity index (χ1n) is 8.89. The molecule has 1 fully saturated rings. The highest BCUT2D eigenvalue weighted by Gasteiger charge is 2.32. The second kappa shape index (κ2) is 6.38. The smallest absolute Gasteiger partial charge is 0.289 e. The number of amides is 2. The lowest BCUT2D eigenvalue weighted by atomic mass is 9.95. The average Bonchev–Trinajstić information content (AvgIpc) is 3.46. The maximum absolute atomic E-state index is 13.0. The molecule has 5 rings (SSSR count). The minimum atomic E-state index is -0.143. The molecule has 0 aromatic carbocycles. The number of carbonyl (C=O) groups is 2. The molecule has 1 aliphatic heterocycles. The number of nitrogens with zero attached hydrogens (tertiary/aromatic N) is 3. The van der Waals surface area contributed by atoms with E-state index < -0.39 is 0 Å². The van der Waals surface area contributed by atoms with Gasteiger partial charge in [-0.2, -0.15) is 0 Å². The van der Waals surface area contributed by atoms with E-state index in [1.807, 2.05) is 11.4 Å². The molecule has 4 heterocycles. The van der Waals surface area contributed by atoms with Gasteiger partial charge in [0.15, 0.2) is 17.2 Å². The minimum absolute atomic E-state index is 0.122. The van der Waals surface area contributed by atoms with E-state index in [1.54, 1.807) is 33.3 Å². The fourth-order valence-corrected chi connectivity index (χ4v) is 4.59. The Morgan fingerprint density at radius 3 is 2.56 bits per heavy atom. The van der Waals surface area contributed by atoms with E-state index in [1.165, 1.54) is 11.1 Å². The highest BCUT2D eigenvalue weighted by atomic mass is 32.1. The van der Waals surface area contributed by atoms with Crippen LogP contribution < -0.4 is 0 Å². The summed E-state index contributed by atoms with van der Waals surface area (Å²) in [6.07, 6.45) is 3.16. The van der Waals surface area contributed by atoms with Crippen molar-refractivity contribution in [2.75, 3.05) is 26.2 Å². The topological polar surface area (TPSA) is 79.8 Å². The zero-order chi connectivity index (χ0) is 18.4. The van der Waals surface area contributed by atoms with E-state index in [0.717, 1.165) is 29.7 Å². The lowest BCUT2D eigenvalue weighted by molar-refractivity contribution is 0.0512. The van der Waals surface area contributed by atoms with E-state index >= 15 is 0 Å². The molecule has 2 aliphatic rings. The van der Waals surface area contributed by atoms with Gasteiger partial charge in [-0.25, -0.2) is 0 Å². The summed E-state index contributed by atoms with van der Waals surface area (Å²) in [5.41, 5.74) is 2.37. The summed E-state index contributed by atoms with van der Waals surface area (Å²) in [6, 6.07) is 5.37. The summed E-state index contributed by atoms with van der Waals surface area (Å²) < 4.78 is 10.7. The van der Waals surface area contributed by atoms with Crippen LogP contribution in [0.2, 0.25) is 0 Å². The monoisotopic (exact) mass is 383 g/mol. The molecule has 0 N–H and O–H groups in total. The molecule has 3 aromatic rings. The standard InChI is InChI=1S/C19H17N3O4S/c23-18(14-2-1-10-25-14)21-6-8-22(9-7-21)19(24)16-13-3-4-15-12(5-11-27-15)17(13)26-20-16/h1-2,5,10-11H,3-4,6-9H2. The maximum Gasteiger partial charge on any atom is 0.289 e. The zero-order valence-corrected chi connectivity index (χ0v) is 15.3. The van der Waals surface area contributed by atoms with Crippen LogP contribution in [0.1, 0.15) is 31.5 Å². The van der Waals surface area contributed by atoms with E-state index in [2.05, 4.69) is 5.16 Å². The van der Waals surface area contributed by atoms with Gasteiger partial charge in [-0.15, -0.1) is 11.3 Å². The van der Waals surface area contributed by atoms with Gasteiger partial charge in [0.05, 0.1) is 6.26 Å². The lowest BCUT2D eigenvalue weighted by Crippen LogP contribution is -2.50. The number of fused-ring (bicyclic) bond motifs is 3. The van der Waals surface area contributed by atoms with Crippen LogP contribution >= 0.6 is 11.3 Å². The first-order chi connectivity index (χ1) is 13.2. The summed E-state index contributed by atoms with van der Waals surface area (Å²) in [5, 5.41) is 6.13. The molecule has 0 atom stereocenters. The summed E-state index contributed by atoms with van der Waals surface area (Å²) in [4.78, 5) is 30.1. The largest absolute Gasteiger partial charge is 0.459 e. The molecular weight excluding hydrogens is 366 g/mol. The van der Waals surface area contributed by atoms with Crippen molar-refractivity contribution in [3.63, 3.8) is 0 Å². The molecule has 1 saturated heterocycles. The third-order valence-electron chi connectivity index (χ3n) is 5.17. The van der Waals surface area contributed by atoms with Gasteiger partial charge < -0.3 is 18.7 Å². The molecule has 0 unspecified atom stereocenters. The number of hydrogen-bond donors (Lipinski definition) is 0. The van der Waals surface area contributed by atoms with Crippen molar-refractivity contribution < 1.29 is 18.5 Å². The molecule has 8 heteroatoms. The summed E-state index contributed by atoms with van der Waals surface area (Å²) in [5.74, 6) is 0.791. The number of carbonyl (C=O) groups excluding carboxylic acids is 2. The molecule has 0 radical (unpaired) electrons. The number of aromatic nitrogens is 1.